The van der Waals surface area contributed by atoms with Crippen molar-refractivity contribution >= 4 is 17.5 Å². The quantitative estimate of drug-likeness (QED) is 0.834. The molecule has 2 aromatic rings. The van der Waals surface area contributed by atoms with Crippen LogP contribution in [0, 0.1) is 12.7 Å². The van der Waals surface area contributed by atoms with E-state index < -0.39 is 0 Å². The minimum absolute atomic E-state index is 0.192. The Morgan fingerprint density at radius 3 is 2.16 bits per heavy atom. The van der Waals surface area contributed by atoms with E-state index in [1.807, 2.05) is 19.1 Å². The number of aryl methyl sites for hydroxylation is 1. The normalized spacial score (nSPS) is 14.7. The summed E-state index contributed by atoms with van der Waals surface area (Å²) in [5.74, 6) is 1.61. The molecule has 1 aromatic carbocycles. The van der Waals surface area contributed by atoms with Gasteiger partial charge in [0, 0.05) is 56.7 Å². The van der Waals surface area contributed by atoms with E-state index in [1.165, 1.54) is 12.1 Å². The molecule has 1 aromatic heterocycles. The predicted octanol–water partition coefficient (Wildman–Crippen LogP) is 3.10. The Bertz CT molecular complexity index is 691. The molecule has 6 heteroatoms. The van der Waals surface area contributed by atoms with Crippen molar-refractivity contribution in [2.45, 2.75) is 20.8 Å². The Morgan fingerprint density at radius 1 is 0.960 bits per heavy atom. The summed E-state index contributed by atoms with van der Waals surface area (Å²) < 4.78 is 13.1. The zero-order chi connectivity index (χ0) is 17.8. The SMILES string of the molecule is CCN(CC)c1nc(C)cc(N2CCN(c3ccc(F)cc3)CC2)n1. The number of rotatable bonds is 5. The highest BCUT2D eigenvalue weighted by Gasteiger charge is 2.20. The first-order chi connectivity index (χ1) is 12.1. The highest BCUT2D eigenvalue weighted by atomic mass is 19.1. The average molecular weight is 343 g/mol. The van der Waals surface area contributed by atoms with Crippen LogP contribution in [0.2, 0.25) is 0 Å². The molecule has 1 saturated heterocycles. The molecule has 0 unspecified atom stereocenters. The van der Waals surface area contributed by atoms with Gasteiger partial charge in [0.25, 0.3) is 0 Å². The van der Waals surface area contributed by atoms with Gasteiger partial charge in [0.2, 0.25) is 5.95 Å². The third-order valence-electron chi connectivity index (χ3n) is 4.67. The van der Waals surface area contributed by atoms with Gasteiger partial charge >= 0.3 is 0 Å². The first-order valence-electron chi connectivity index (χ1n) is 8.96. The molecular weight excluding hydrogens is 317 g/mol. The second-order valence-electron chi connectivity index (χ2n) is 6.29. The molecule has 0 bridgehead atoms. The smallest absolute Gasteiger partial charge is 0.227 e. The summed E-state index contributed by atoms with van der Waals surface area (Å²) >= 11 is 0. The Morgan fingerprint density at radius 2 is 1.56 bits per heavy atom. The van der Waals surface area contributed by atoms with E-state index in [1.54, 1.807) is 0 Å². The van der Waals surface area contributed by atoms with Crippen LogP contribution in [0.25, 0.3) is 0 Å². The minimum Gasteiger partial charge on any atom is -0.368 e. The number of hydrogen-bond donors (Lipinski definition) is 0. The molecule has 0 spiro atoms. The number of piperazine rings is 1. The summed E-state index contributed by atoms with van der Waals surface area (Å²) in [5.41, 5.74) is 2.07. The zero-order valence-corrected chi connectivity index (χ0v) is 15.2. The van der Waals surface area contributed by atoms with Crippen molar-refractivity contribution in [2.75, 3.05) is 54.0 Å². The molecule has 0 N–H and O–H groups in total. The summed E-state index contributed by atoms with van der Waals surface area (Å²) in [7, 11) is 0. The summed E-state index contributed by atoms with van der Waals surface area (Å²) in [6.07, 6.45) is 0. The maximum Gasteiger partial charge on any atom is 0.227 e. The second-order valence-corrected chi connectivity index (χ2v) is 6.29. The van der Waals surface area contributed by atoms with Crippen LogP contribution in [-0.2, 0) is 0 Å². The second kappa shape index (κ2) is 7.68. The van der Waals surface area contributed by atoms with Crippen molar-refractivity contribution in [1.29, 1.82) is 0 Å². The van der Waals surface area contributed by atoms with Crippen molar-refractivity contribution < 1.29 is 4.39 Å². The lowest BCUT2D eigenvalue weighted by Gasteiger charge is -2.37. The van der Waals surface area contributed by atoms with Gasteiger partial charge in [0.15, 0.2) is 0 Å². The van der Waals surface area contributed by atoms with Crippen LogP contribution >= 0.6 is 0 Å². The average Bonchev–Trinajstić information content (AvgIpc) is 2.63. The molecule has 3 rings (SSSR count). The van der Waals surface area contributed by atoms with Gasteiger partial charge in [-0.05, 0) is 45.0 Å². The minimum atomic E-state index is -0.192. The maximum atomic E-state index is 13.1. The fraction of sp³-hybridized carbons (Fsp3) is 0.474. The number of anilines is 3. The topological polar surface area (TPSA) is 35.5 Å². The van der Waals surface area contributed by atoms with E-state index >= 15 is 0 Å². The molecule has 1 fully saturated rings. The van der Waals surface area contributed by atoms with E-state index in [2.05, 4.69) is 39.6 Å². The van der Waals surface area contributed by atoms with Crippen molar-refractivity contribution in [2.24, 2.45) is 0 Å². The van der Waals surface area contributed by atoms with Gasteiger partial charge in [-0.2, -0.15) is 4.98 Å². The van der Waals surface area contributed by atoms with Gasteiger partial charge in [-0.25, -0.2) is 9.37 Å². The number of benzene rings is 1. The highest BCUT2D eigenvalue weighted by molar-refractivity contribution is 5.51. The molecule has 0 atom stereocenters. The molecule has 1 aliphatic rings. The van der Waals surface area contributed by atoms with Crippen LogP contribution in [-0.4, -0.2) is 49.2 Å². The molecule has 0 amide bonds. The van der Waals surface area contributed by atoms with Crippen LogP contribution < -0.4 is 14.7 Å². The summed E-state index contributed by atoms with van der Waals surface area (Å²) in [6.45, 7) is 11.6. The molecule has 0 saturated carbocycles. The van der Waals surface area contributed by atoms with Gasteiger partial charge in [0.1, 0.15) is 11.6 Å². The van der Waals surface area contributed by atoms with Gasteiger partial charge in [-0.1, -0.05) is 0 Å². The lowest BCUT2D eigenvalue weighted by atomic mass is 10.2. The van der Waals surface area contributed by atoms with E-state index in [9.17, 15) is 4.39 Å². The van der Waals surface area contributed by atoms with E-state index in [0.29, 0.717) is 0 Å². The van der Waals surface area contributed by atoms with Crippen molar-refractivity contribution in [3.63, 3.8) is 0 Å². The largest absolute Gasteiger partial charge is 0.368 e. The standard InChI is InChI=1S/C19H26FN5/c1-4-23(5-2)19-21-15(3)14-18(22-19)25-12-10-24(11-13-25)17-8-6-16(20)7-9-17/h6-9,14H,4-5,10-13H2,1-3H3. The number of halogens is 1. The Hall–Kier alpha value is -2.37. The predicted molar refractivity (Wildman–Crippen MR) is 101 cm³/mol. The maximum absolute atomic E-state index is 13.1. The Kier molecular flexibility index (Phi) is 5.36. The molecule has 5 nitrogen and oxygen atoms in total. The van der Waals surface area contributed by atoms with Crippen LogP contribution in [0.4, 0.5) is 21.8 Å². The Balaban J connectivity index is 1.71. The number of hydrogen-bond acceptors (Lipinski definition) is 5. The van der Waals surface area contributed by atoms with E-state index in [0.717, 1.165) is 62.4 Å². The summed E-state index contributed by atoms with van der Waals surface area (Å²) in [6, 6.07) is 8.79. The van der Waals surface area contributed by atoms with Gasteiger partial charge < -0.3 is 14.7 Å². The molecule has 134 valence electrons. The van der Waals surface area contributed by atoms with Crippen LogP contribution in [0.15, 0.2) is 30.3 Å². The van der Waals surface area contributed by atoms with Crippen LogP contribution in [0.1, 0.15) is 19.5 Å². The third kappa shape index (κ3) is 4.00. The molecular formula is C19H26FN5. The molecule has 2 heterocycles. The van der Waals surface area contributed by atoms with Crippen LogP contribution in [0.3, 0.4) is 0 Å². The van der Waals surface area contributed by atoms with Gasteiger partial charge in [-0.15, -0.1) is 0 Å². The summed E-state index contributed by atoms with van der Waals surface area (Å²) in [5, 5.41) is 0. The third-order valence-corrected chi connectivity index (χ3v) is 4.67. The van der Waals surface area contributed by atoms with Crippen molar-refractivity contribution in [3.8, 4) is 0 Å². The van der Waals surface area contributed by atoms with Gasteiger partial charge in [-0.3, -0.25) is 0 Å². The first-order valence-corrected chi connectivity index (χ1v) is 8.96. The number of aromatic nitrogens is 2. The van der Waals surface area contributed by atoms with Gasteiger partial charge in [0.05, 0.1) is 0 Å². The monoisotopic (exact) mass is 343 g/mol. The summed E-state index contributed by atoms with van der Waals surface area (Å²) in [4.78, 5) is 16.1. The van der Waals surface area contributed by atoms with Crippen molar-refractivity contribution in [3.05, 3.63) is 41.8 Å². The fourth-order valence-electron chi connectivity index (χ4n) is 3.19. The molecule has 0 aliphatic carbocycles. The zero-order valence-electron chi connectivity index (χ0n) is 15.2. The Labute approximate surface area is 149 Å². The highest BCUT2D eigenvalue weighted by Crippen LogP contribution is 2.22. The first kappa shape index (κ1) is 17.5. The fourth-order valence-corrected chi connectivity index (χ4v) is 3.19. The lowest BCUT2D eigenvalue weighted by Crippen LogP contribution is -2.47. The molecule has 25 heavy (non-hydrogen) atoms. The number of nitrogens with zero attached hydrogens (tertiary/aromatic N) is 5. The molecule has 1 aliphatic heterocycles. The lowest BCUT2D eigenvalue weighted by molar-refractivity contribution is 0.624. The van der Waals surface area contributed by atoms with E-state index in [-0.39, 0.29) is 5.82 Å². The van der Waals surface area contributed by atoms with Crippen molar-refractivity contribution in [1.82, 2.24) is 9.97 Å². The van der Waals surface area contributed by atoms with Crippen LogP contribution in [0.5, 0.6) is 0 Å². The molecule has 0 radical (unpaired) electrons. The van der Waals surface area contributed by atoms with E-state index in [4.69, 9.17) is 4.98 Å².